The van der Waals surface area contributed by atoms with Gasteiger partial charge in [-0.1, -0.05) is 19.1 Å². The SMILES string of the molecule is CCN(Cc1ccc(C(=O)N2CCCN(C(C)=O)CC2)cc1)C(C)C. The van der Waals surface area contributed by atoms with Crippen LogP contribution in [0.3, 0.4) is 0 Å². The predicted molar refractivity (Wildman–Crippen MR) is 100 cm³/mol. The molecule has 0 spiro atoms. The van der Waals surface area contributed by atoms with E-state index in [0.29, 0.717) is 25.7 Å². The lowest BCUT2D eigenvalue weighted by atomic mass is 10.1. The summed E-state index contributed by atoms with van der Waals surface area (Å²) in [6.45, 7) is 12.8. The van der Waals surface area contributed by atoms with Crippen LogP contribution in [0.5, 0.6) is 0 Å². The van der Waals surface area contributed by atoms with Crippen molar-refractivity contribution in [3.63, 3.8) is 0 Å². The normalized spacial score (nSPS) is 15.6. The van der Waals surface area contributed by atoms with Crippen molar-refractivity contribution in [1.29, 1.82) is 0 Å². The third-order valence-corrected chi connectivity index (χ3v) is 4.95. The molecule has 2 rings (SSSR count). The standard InChI is InChI=1S/C20H31N3O2/c1-5-21(16(2)3)15-18-7-9-19(10-8-18)20(25)23-12-6-11-22(13-14-23)17(4)24/h7-10,16H,5-6,11-15H2,1-4H3. The molecule has 25 heavy (non-hydrogen) atoms. The fourth-order valence-corrected chi connectivity index (χ4v) is 3.26. The summed E-state index contributed by atoms with van der Waals surface area (Å²) in [4.78, 5) is 30.3. The van der Waals surface area contributed by atoms with Gasteiger partial charge >= 0.3 is 0 Å². The van der Waals surface area contributed by atoms with Crippen molar-refractivity contribution in [3.8, 4) is 0 Å². The van der Waals surface area contributed by atoms with E-state index < -0.39 is 0 Å². The average molecular weight is 345 g/mol. The van der Waals surface area contributed by atoms with Gasteiger partial charge in [0.25, 0.3) is 5.91 Å². The maximum atomic E-state index is 12.7. The zero-order valence-corrected chi connectivity index (χ0v) is 16.0. The first-order chi connectivity index (χ1) is 11.9. The monoisotopic (exact) mass is 345 g/mol. The fraction of sp³-hybridized carbons (Fsp3) is 0.600. The molecule has 0 atom stereocenters. The molecule has 1 aliphatic rings. The maximum Gasteiger partial charge on any atom is 0.253 e. The second-order valence-corrected chi connectivity index (χ2v) is 7.01. The Kier molecular flexibility index (Phi) is 7.00. The van der Waals surface area contributed by atoms with E-state index in [1.54, 1.807) is 6.92 Å². The van der Waals surface area contributed by atoms with Crippen molar-refractivity contribution in [1.82, 2.24) is 14.7 Å². The highest BCUT2D eigenvalue weighted by molar-refractivity contribution is 5.94. The summed E-state index contributed by atoms with van der Waals surface area (Å²) in [6, 6.07) is 8.47. The Morgan fingerprint density at radius 1 is 1.04 bits per heavy atom. The second-order valence-electron chi connectivity index (χ2n) is 7.01. The van der Waals surface area contributed by atoms with Gasteiger partial charge in [0.1, 0.15) is 0 Å². The van der Waals surface area contributed by atoms with Crippen LogP contribution in [0, 0.1) is 0 Å². The summed E-state index contributed by atoms with van der Waals surface area (Å²) < 4.78 is 0. The number of hydrogen-bond donors (Lipinski definition) is 0. The number of amides is 2. The zero-order valence-electron chi connectivity index (χ0n) is 16.0. The molecule has 1 heterocycles. The van der Waals surface area contributed by atoms with Crippen molar-refractivity contribution in [2.45, 2.75) is 46.7 Å². The summed E-state index contributed by atoms with van der Waals surface area (Å²) in [6.07, 6.45) is 0.837. The molecule has 0 unspecified atom stereocenters. The first kappa shape index (κ1) is 19.4. The van der Waals surface area contributed by atoms with Crippen LogP contribution >= 0.6 is 0 Å². The quantitative estimate of drug-likeness (QED) is 0.824. The molecule has 1 aromatic rings. The molecule has 0 radical (unpaired) electrons. The van der Waals surface area contributed by atoms with Crippen molar-refractivity contribution in [3.05, 3.63) is 35.4 Å². The number of carbonyl (C=O) groups is 2. The zero-order chi connectivity index (χ0) is 18.4. The van der Waals surface area contributed by atoms with Crippen molar-refractivity contribution in [2.24, 2.45) is 0 Å². The van der Waals surface area contributed by atoms with Crippen molar-refractivity contribution >= 4 is 11.8 Å². The van der Waals surface area contributed by atoms with Gasteiger partial charge in [-0.25, -0.2) is 0 Å². The highest BCUT2D eigenvalue weighted by atomic mass is 16.2. The molecule has 5 heteroatoms. The lowest BCUT2D eigenvalue weighted by Crippen LogP contribution is -2.36. The lowest BCUT2D eigenvalue weighted by Gasteiger charge is -2.25. The van der Waals surface area contributed by atoms with E-state index >= 15 is 0 Å². The Morgan fingerprint density at radius 2 is 1.64 bits per heavy atom. The minimum Gasteiger partial charge on any atom is -0.341 e. The fourth-order valence-electron chi connectivity index (χ4n) is 3.26. The van der Waals surface area contributed by atoms with E-state index in [1.165, 1.54) is 5.56 Å². The van der Waals surface area contributed by atoms with Crippen LogP contribution in [-0.2, 0) is 11.3 Å². The summed E-state index contributed by atoms with van der Waals surface area (Å²) in [5.74, 6) is 0.150. The van der Waals surface area contributed by atoms with E-state index in [9.17, 15) is 9.59 Å². The molecule has 2 amide bonds. The first-order valence-electron chi connectivity index (χ1n) is 9.30. The Hall–Kier alpha value is -1.88. The van der Waals surface area contributed by atoms with Crippen LogP contribution in [0.1, 0.15) is 50.0 Å². The Bertz CT molecular complexity index is 583. The van der Waals surface area contributed by atoms with Crippen molar-refractivity contribution in [2.75, 3.05) is 32.7 Å². The molecule has 1 aromatic carbocycles. The van der Waals surface area contributed by atoms with Crippen molar-refractivity contribution < 1.29 is 9.59 Å². The van der Waals surface area contributed by atoms with Crippen LogP contribution in [0.4, 0.5) is 0 Å². The van der Waals surface area contributed by atoms with E-state index in [0.717, 1.165) is 31.6 Å². The maximum absolute atomic E-state index is 12.7. The highest BCUT2D eigenvalue weighted by Crippen LogP contribution is 2.13. The third-order valence-electron chi connectivity index (χ3n) is 4.95. The van der Waals surface area contributed by atoms with Gasteiger partial charge in [0.2, 0.25) is 5.91 Å². The highest BCUT2D eigenvalue weighted by Gasteiger charge is 2.21. The topological polar surface area (TPSA) is 43.9 Å². The number of hydrogen-bond acceptors (Lipinski definition) is 3. The Morgan fingerprint density at radius 3 is 2.20 bits per heavy atom. The number of carbonyl (C=O) groups excluding carboxylic acids is 2. The number of nitrogens with zero attached hydrogens (tertiary/aromatic N) is 3. The van der Waals surface area contributed by atoms with E-state index in [4.69, 9.17) is 0 Å². The molecule has 5 nitrogen and oxygen atoms in total. The molecule has 1 saturated heterocycles. The Labute approximate surface area is 151 Å². The number of benzene rings is 1. The van der Waals surface area contributed by atoms with E-state index in [-0.39, 0.29) is 11.8 Å². The van der Waals surface area contributed by atoms with E-state index in [2.05, 4.69) is 37.8 Å². The van der Waals surface area contributed by atoms with Gasteiger partial charge in [-0.15, -0.1) is 0 Å². The van der Waals surface area contributed by atoms with Gasteiger partial charge in [-0.3, -0.25) is 14.5 Å². The molecular weight excluding hydrogens is 314 g/mol. The van der Waals surface area contributed by atoms with Gasteiger partial charge in [-0.05, 0) is 44.5 Å². The molecule has 0 aliphatic carbocycles. The lowest BCUT2D eigenvalue weighted by molar-refractivity contribution is -0.128. The van der Waals surface area contributed by atoms with Gasteiger partial charge in [0, 0.05) is 51.3 Å². The van der Waals surface area contributed by atoms with E-state index in [1.807, 2.05) is 21.9 Å². The van der Waals surface area contributed by atoms with Gasteiger partial charge in [0.15, 0.2) is 0 Å². The summed E-state index contributed by atoms with van der Waals surface area (Å²) in [5, 5.41) is 0. The first-order valence-corrected chi connectivity index (χ1v) is 9.30. The minimum atomic E-state index is 0.0631. The molecule has 1 fully saturated rings. The molecule has 1 aliphatic heterocycles. The smallest absolute Gasteiger partial charge is 0.253 e. The van der Waals surface area contributed by atoms with Crippen LogP contribution in [0.15, 0.2) is 24.3 Å². The predicted octanol–water partition coefficient (Wildman–Crippen LogP) is 2.61. The summed E-state index contributed by atoms with van der Waals surface area (Å²) in [7, 11) is 0. The molecular formula is C20H31N3O2. The largest absolute Gasteiger partial charge is 0.341 e. The van der Waals surface area contributed by atoms with Crippen LogP contribution in [-0.4, -0.2) is 65.3 Å². The third kappa shape index (κ3) is 5.30. The number of rotatable bonds is 5. The molecule has 138 valence electrons. The average Bonchev–Trinajstić information content (AvgIpc) is 2.85. The van der Waals surface area contributed by atoms with Crippen LogP contribution < -0.4 is 0 Å². The van der Waals surface area contributed by atoms with Crippen LogP contribution in [0.25, 0.3) is 0 Å². The Balaban J connectivity index is 1.99. The summed E-state index contributed by atoms with van der Waals surface area (Å²) in [5.41, 5.74) is 1.96. The molecule has 0 saturated carbocycles. The molecule has 0 N–H and O–H groups in total. The van der Waals surface area contributed by atoms with Gasteiger partial charge in [-0.2, -0.15) is 0 Å². The molecule has 0 aromatic heterocycles. The van der Waals surface area contributed by atoms with Crippen LogP contribution in [0.2, 0.25) is 0 Å². The summed E-state index contributed by atoms with van der Waals surface area (Å²) >= 11 is 0. The minimum absolute atomic E-state index is 0.0631. The molecule has 0 bridgehead atoms. The van der Waals surface area contributed by atoms with Gasteiger partial charge < -0.3 is 9.80 Å². The van der Waals surface area contributed by atoms with Gasteiger partial charge in [0.05, 0.1) is 0 Å². The second kappa shape index (κ2) is 8.99.